The van der Waals surface area contributed by atoms with E-state index in [-0.39, 0.29) is 6.04 Å². The first kappa shape index (κ1) is 41.8. The molecule has 14 nitrogen and oxygen atoms in total. The highest BCUT2D eigenvalue weighted by atomic mass is 19.1. The summed E-state index contributed by atoms with van der Waals surface area (Å²) < 4.78 is 18.0. The molecular formula is C49H51FN14. The maximum Gasteiger partial charge on any atom is 0.166 e. The number of hydrogen-bond acceptors (Lipinski definition) is 10. The molecule has 4 N–H and O–H groups in total. The number of nitrogens with zero attached hydrogens (tertiary/aromatic N) is 10. The molecule has 0 amide bonds. The van der Waals surface area contributed by atoms with Crippen molar-refractivity contribution < 1.29 is 4.39 Å². The van der Waals surface area contributed by atoms with E-state index in [0.29, 0.717) is 41.1 Å². The molecule has 15 heteroatoms. The van der Waals surface area contributed by atoms with Gasteiger partial charge in [0.15, 0.2) is 34.6 Å². The first-order valence-corrected chi connectivity index (χ1v) is 21.9. The highest BCUT2D eigenvalue weighted by Gasteiger charge is 2.19. The smallest absolute Gasteiger partial charge is 0.166 e. The van der Waals surface area contributed by atoms with E-state index in [1.807, 2.05) is 54.6 Å². The number of aromatic amines is 2. The van der Waals surface area contributed by atoms with Crippen LogP contribution in [-0.2, 0) is 12.8 Å². The van der Waals surface area contributed by atoms with Crippen LogP contribution in [0.5, 0.6) is 0 Å². The van der Waals surface area contributed by atoms with E-state index in [1.54, 1.807) is 12.5 Å². The third kappa shape index (κ3) is 8.61. The first-order valence-electron chi connectivity index (χ1n) is 21.9. The number of fused-ring (bicyclic) bond motifs is 4. The van der Waals surface area contributed by atoms with Crippen molar-refractivity contribution in [2.45, 2.75) is 72.4 Å². The van der Waals surface area contributed by atoms with Crippen molar-refractivity contribution in [1.29, 1.82) is 0 Å². The van der Waals surface area contributed by atoms with E-state index in [9.17, 15) is 4.39 Å². The maximum absolute atomic E-state index is 13.8. The second-order valence-electron chi connectivity index (χ2n) is 16.2. The van der Waals surface area contributed by atoms with Crippen molar-refractivity contribution in [2.75, 3.05) is 23.7 Å². The lowest BCUT2D eigenvalue weighted by Gasteiger charge is -2.13. The van der Waals surface area contributed by atoms with E-state index < -0.39 is 5.82 Å². The molecule has 0 radical (unpaired) electrons. The molecule has 2 aromatic carbocycles. The van der Waals surface area contributed by atoms with Crippen LogP contribution >= 0.6 is 0 Å². The number of aryl methyl sites for hydroxylation is 1. The van der Waals surface area contributed by atoms with Gasteiger partial charge in [-0.15, -0.1) is 0 Å². The van der Waals surface area contributed by atoms with Crippen LogP contribution in [-0.4, -0.2) is 72.1 Å². The molecule has 0 saturated heterocycles. The molecule has 10 aromatic rings. The van der Waals surface area contributed by atoms with Gasteiger partial charge in [-0.2, -0.15) is 0 Å². The van der Waals surface area contributed by atoms with Crippen LogP contribution in [0.2, 0.25) is 0 Å². The molecule has 0 aliphatic rings. The second kappa shape index (κ2) is 18.4. The summed E-state index contributed by atoms with van der Waals surface area (Å²) in [6, 6.07) is 20.6. The van der Waals surface area contributed by atoms with Crippen LogP contribution in [0.4, 0.5) is 16.0 Å². The van der Waals surface area contributed by atoms with Gasteiger partial charge < -0.3 is 29.7 Å². The van der Waals surface area contributed by atoms with Crippen LogP contribution in [0.15, 0.2) is 110 Å². The van der Waals surface area contributed by atoms with Crippen molar-refractivity contribution in [1.82, 2.24) is 59.0 Å². The van der Waals surface area contributed by atoms with Gasteiger partial charge >= 0.3 is 0 Å². The number of halogens is 1. The molecular weight excluding hydrogens is 804 g/mol. The van der Waals surface area contributed by atoms with E-state index in [1.165, 1.54) is 34.2 Å². The number of nitrogens with one attached hydrogen (secondary N) is 4. The number of para-hydroxylation sites is 2. The molecule has 8 heterocycles. The first-order chi connectivity index (χ1) is 31.3. The van der Waals surface area contributed by atoms with Gasteiger partial charge in [-0.1, -0.05) is 50.2 Å². The summed E-state index contributed by atoms with van der Waals surface area (Å²) in [6.45, 7) is 12.0. The molecule has 8 aromatic heterocycles. The predicted octanol–water partition coefficient (Wildman–Crippen LogP) is 10.4. The Morgan fingerprint density at radius 3 is 1.59 bits per heavy atom. The Bertz CT molecular complexity index is 2980. The molecule has 1 unspecified atom stereocenters. The van der Waals surface area contributed by atoms with Crippen LogP contribution in [0, 0.1) is 12.7 Å². The van der Waals surface area contributed by atoms with Gasteiger partial charge in [-0.3, -0.25) is 9.97 Å². The van der Waals surface area contributed by atoms with Gasteiger partial charge in [0.05, 0.1) is 18.9 Å². The Kier molecular flexibility index (Phi) is 12.0. The summed E-state index contributed by atoms with van der Waals surface area (Å²) in [5, 5.41) is 9.43. The zero-order valence-corrected chi connectivity index (χ0v) is 36.6. The van der Waals surface area contributed by atoms with E-state index >= 15 is 0 Å². The minimum Gasteiger partial charge on any atom is -0.368 e. The van der Waals surface area contributed by atoms with Gasteiger partial charge in [0.25, 0.3) is 0 Å². The van der Waals surface area contributed by atoms with Gasteiger partial charge in [-0.05, 0) is 87.4 Å². The monoisotopic (exact) mass is 854 g/mol. The summed E-state index contributed by atoms with van der Waals surface area (Å²) in [5.74, 6) is 2.05. The summed E-state index contributed by atoms with van der Waals surface area (Å²) in [5.41, 5.74) is 10.4. The molecule has 0 aliphatic carbocycles. The third-order valence-corrected chi connectivity index (χ3v) is 11.8. The number of aromatic nitrogens is 12. The Labute approximate surface area is 369 Å². The minimum absolute atomic E-state index is 0.229. The predicted molar refractivity (Wildman–Crippen MR) is 253 cm³/mol. The lowest BCUT2D eigenvalue weighted by Crippen LogP contribution is -2.09. The Hall–Kier alpha value is -7.55. The van der Waals surface area contributed by atoms with Crippen LogP contribution in [0.1, 0.15) is 69.3 Å². The lowest BCUT2D eigenvalue weighted by atomic mass is 10.1. The molecule has 10 rings (SSSR count). The fraction of sp³-hybridized carbons (Fsp3) is 0.265. The van der Waals surface area contributed by atoms with Gasteiger partial charge in [0.1, 0.15) is 16.9 Å². The van der Waals surface area contributed by atoms with Crippen molar-refractivity contribution in [3.63, 3.8) is 0 Å². The van der Waals surface area contributed by atoms with Crippen LogP contribution in [0.25, 0.3) is 66.9 Å². The number of hydrogen-bond donors (Lipinski definition) is 4. The normalized spacial score (nSPS) is 12.5. The summed E-state index contributed by atoms with van der Waals surface area (Å²) in [7, 11) is 0. The van der Waals surface area contributed by atoms with Crippen LogP contribution < -0.4 is 10.6 Å². The molecule has 64 heavy (non-hydrogen) atoms. The standard InChI is InChI=1S/C25H27N7.C24H24FN7/c1-4-17(3)32-15-29-22-24(27-10-9-18-14-28-21-8-6-5-7-20(18)21)30-23(31-25(22)32)19-11-16(2)12-26-13-19;1-3-15(2)32-14-29-21-23(27-9-8-16-12-28-20-7-5-4-6-19(16)20)30-22(31-24(21)32)17-10-18(25)13-26-11-17/h5-8,11-15,17,28H,4,9-10H2,1-3H3,(H,27,30,31);4-7,10-15,28H,3,8-9H2,1-2H3,(H,27,30,31)/t17-;/m1./s1. The Morgan fingerprint density at radius 1 is 0.625 bits per heavy atom. The quantitative estimate of drug-likeness (QED) is 0.0826. The molecule has 0 fully saturated rings. The van der Waals surface area contributed by atoms with Crippen LogP contribution in [0.3, 0.4) is 0 Å². The molecule has 0 aliphatic heterocycles. The van der Waals surface area contributed by atoms with Gasteiger partial charge in [0.2, 0.25) is 0 Å². The molecule has 0 bridgehead atoms. The van der Waals surface area contributed by atoms with Gasteiger partial charge in [0, 0.05) is 89.1 Å². The lowest BCUT2D eigenvalue weighted by molar-refractivity contribution is 0.541. The molecule has 2 atom stereocenters. The van der Waals surface area contributed by atoms with Crippen molar-refractivity contribution in [2.24, 2.45) is 0 Å². The maximum atomic E-state index is 13.8. The van der Waals surface area contributed by atoms with E-state index in [2.05, 4.69) is 120 Å². The topological polar surface area (TPSA) is 169 Å². The zero-order chi connectivity index (χ0) is 44.2. The summed E-state index contributed by atoms with van der Waals surface area (Å²) in [6.07, 6.45) is 17.8. The average Bonchev–Trinajstić information content (AvgIpc) is 4.14. The molecule has 0 saturated carbocycles. The number of rotatable bonds is 14. The van der Waals surface area contributed by atoms with E-state index in [4.69, 9.17) is 15.0 Å². The minimum atomic E-state index is -0.421. The molecule has 324 valence electrons. The average molecular weight is 855 g/mol. The zero-order valence-electron chi connectivity index (χ0n) is 36.6. The third-order valence-electron chi connectivity index (χ3n) is 11.8. The van der Waals surface area contributed by atoms with Crippen molar-refractivity contribution >= 4 is 55.8 Å². The van der Waals surface area contributed by atoms with Crippen molar-refractivity contribution in [3.05, 3.63) is 133 Å². The Morgan fingerprint density at radius 2 is 1.11 bits per heavy atom. The Balaban J connectivity index is 0.000000162. The number of H-pyrrole nitrogens is 2. The number of pyridine rings is 2. The second-order valence-corrected chi connectivity index (χ2v) is 16.2. The van der Waals surface area contributed by atoms with Crippen molar-refractivity contribution in [3.8, 4) is 22.8 Å². The summed E-state index contributed by atoms with van der Waals surface area (Å²) >= 11 is 0. The fourth-order valence-electron chi connectivity index (χ4n) is 7.90. The highest BCUT2D eigenvalue weighted by Crippen LogP contribution is 2.29. The number of benzene rings is 2. The number of imidazole rings is 2. The molecule has 0 spiro atoms. The number of anilines is 2. The fourth-order valence-corrected chi connectivity index (χ4v) is 7.90. The van der Waals surface area contributed by atoms with Gasteiger partial charge in [-0.25, -0.2) is 34.3 Å². The largest absolute Gasteiger partial charge is 0.368 e. The highest BCUT2D eigenvalue weighted by molar-refractivity contribution is 5.87. The SMILES string of the molecule is CCC(C)n1cnc2c(NCCc3c[nH]c4ccccc34)nc(-c3cncc(F)c3)nc21.CC[C@@H](C)n1cnc2c(NCCc3c[nH]c4ccccc34)nc(-c3cncc(C)c3)nc21. The van der Waals surface area contributed by atoms with E-state index in [0.717, 1.165) is 77.0 Å². The summed E-state index contributed by atoms with van der Waals surface area (Å²) in [4.78, 5) is 43.3.